The van der Waals surface area contributed by atoms with E-state index in [2.05, 4.69) is 9.80 Å². The largest absolute Gasteiger partial charge is 0.416 e. The molecule has 21 heavy (non-hydrogen) atoms. The SMILES string of the molecule is FC(F)(F)c1ccc(CN2CCCC2)c(N2CCCC2)c1. The molecule has 0 unspecified atom stereocenters. The molecule has 1 aromatic carbocycles. The van der Waals surface area contributed by atoms with Crippen LogP contribution in [0.4, 0.5) is 18.9 Å². The minimum Gasteiger partial charge on any atom is -0.371 e. The number of alkyl halides is 3. The van der Waals surface area contributed by atoms with Gasteiger partial charge in [-0.15, -0.1) is 0 Å². The van der Waals surface area contributed by atoms with E-state index in [9.17, 15) is 13.2 Å². The van der Waals surface area contributed by atoms with Gasteiger partial charge < -0.3 is 4.90 Å². The van der Waals surface area contributed by atoms with Crippen molar-refractivity contribution in [3.8, 4) is 0 Å². The molecule has 0 aliphatic carbocycles. The summed E-state index contributed by atoms with van der Waals surface area (Å²) >= 11 is 0. The Labute approximate surface area is 123 Å². The van der Waals surface area contributed by atoms with Gasteiger partial charge in [-0.05, 0) is 56.5 Å². The molecule has 1 aromatic rings. The second-order valence-corrected chi connectivity index (χ2v) is 6.02. The van der Waals surface area contributed by atoms with Gasteiger partial charge in [0.2, 0.25) is 0 Å². The Hall–Kier alpha value is -1.23. The van der Waals surface area contributed by atoms with Crippen molar-refractivity contribution in [3.05, 3.63) is 29.3 Å². The van der Waals surface area contributed by atoms with Gasteiger partial charge in [0.15, 0.2) is 0 Å². The number of nitrogens with zero attached hydrogens (tertiary/aromatic N) is 2. The molecule has 3 rings (SSSR count). The van der Waals surface area contributed by atoms with E-state index in [1.807, 2.05) is 0 Å². The molecule has 2 fully saturated rings. The van der Waals surface area contributed by atoms with E-state index < -0.39 is 11.7 Å². The number of anilines is 1. The standard InChI is InChI=1S/C16H21F3N2/c17-16(18,19)14-6-5-13(12-20-7-1-2-8-20)15(11-14)21-9-3-4-10-21/h5-6,11H,1-4,7-10,12H2. The lowest BCUT2D eigenvalue weighted by Gasteiger charge is -2.25. The third-order valence-electron chi connectivity index (χ3n) is 4.45. The first-order valence-electron chi connectivity index (χ1n) is 7.71. The topological polar surface area (TPSA) is 6.48 Å². The smallest absolute Gasteiger partial charge is 0.371 e. The highest BCUT2D eigenvalue weighted by Crippen LogP contribution is 2.35. The second kappa shape index (κ2) is 5.87. The molecule has 2 aliphatic rings. The van der Waals surface area contributed by atoms with Crippen molar-refractivity contribution in [1.82, 2.24) is 4.90 Å². The maximum atomic E-state index is 13.0. The summed E-state index contributed by atoms with van der Waals surface area (Å²) < 4.78 is 38.9. The van der Waals surface area contributed by atoms with Crippen LogP contribution in [0.2, 0.25) is 0 Å². The number of rotatable bonds is 3. The van der Waals surface area contributed by atoms with Gasteiger partial charge in [-0.25, -0.2) is 0 Å². The van der Waals surface area contributed by atoms with Gasteiger partial charge in [-0.2, -0.15) is 13.2 Å². The van der Waals surface area contributed by atoms with E-state index in [1.165, 1.54) is 25.0 Å². The molecule has 0 amide bonds. The Morgan fingerprint density at radius 3 is 2.14 bits per heavy atom. The van der Waals surface area contributed by atoms with Gasteiger partial charge in [-0.1, -0.05) is 6.07 Å². The highest BCUT2D eigenvalue weighted by atomic mass is 19.4. The van der Waals surface area contributed by atoms with Crippen LogP contribution in [-0.4, -0.2) is 31.1 Å². The summed E-state index contributed by atoms with van der Waals surface area (Å²) in [5.41, 5.74) is 1.29. The summed E-state index contributed by atoms with van der Waals surface area (Å²) in [7, 11) is 0. The highest BCUT2D eigenvalue weighted by molar-refractivity contribution is 5.56. The minimum atomic E-state index is -4.26. The van der Waals surface area contributed by atoms with Crippen LogP contribution in [0.15, 0.2) is 18.2 Å². The minimum absolute atomic E-state index is 0.533. The number of benzene rings is 1. The molecule has 2 nitrogen and oxygen atoms in total. The second-order valence-electron chi connectivity index (χ2n) is 6.02. The summed E-state index contributed by atoms with van der Waals surface area (Å²) in [6.07, 6.45) is 0.263. The maximum absolute atomic E-state index is 13.0. The molecule has 0 saturated carbocycles. The quantitative estimate of drug-likeness (QED) is 0.835. The summed E-state index contributed by atoms with van der Waals surface area (Å²) in [6, 6.07) is 4.25. The van der Waals surface area contributed by atoms with Crippen molar-refractivity contribution < 1.29 is 13.2 Å². The van der Waals surface area contributed by atoms with E-state index >= 15 is 0 Å². The number of hydrogen-bond donors (Lipinski definition) is 0. The molecule has 116 valence electrons. The van der Waals surface area contributed by atoms with Gasteiger partial charge in [0.1, 0.15) is 0 Å². The third-order valence-corrected chi connectivity index (χ3v) is 4.45. The lowest BCUT2D eigenvalue weighted by Crippen LogP contribution is -2.24. The molecule has 0 spiro atoms. The number of likely N-dealkylation sites (tertiary alicyclic amines) is 1. The molecule has 0 aromatic heterocycles. The lowest BCUT2D eigenvalue weighted by molar-refractivity contribution is -0.137. The van der Waals surface area contributed by atoms with Gasteiger partial charge in [0.05, 0.1) is 5.56 Å². The summed E-state index contributed by atoms with van der Waals surface area (Å²) in [6.45, 7) is 4.62. The lowest BCUT2D eigenvalue weighted by atomic mass is 10.1. The van der Waals surface area contributed by atoms with Crippen LogP contribution in [0.25, 0.3) is 0 Å². The normalized spacial score (nSPS) is 20.4. The van der Waals surface area contributed by atoms with Crippen molar-refractivity contribution in [1.29, 1.82) is 0 Å². The molecule has 2 heterocycles. The predicted octanol–water partition coefficient (Wildman–Crippen LogP) is 3.90. The van der Waals surface area contributed by atoms with Gasteiger partial charge in [0.25, 0.3) is 0 Å². The first kappa shape index (κ1) is 14.7. The van der Waals surface area contributed by atoms with Crippen LogP contribution in [0, 0.1) is 0 Å². The number of hydrogen-bond acceptors (Lipinski definition) is 2. The fraction of sp³-hybridized carbons (Fsp3) is 0.625. The third kappa shape index (κ3) is 3.34. The van der Waals surface area contributed by atoms with E-state index in [4.69, 9.17) is 0 Å². The zero-order chi connectivity index (χ0) is 14.9. The van der Waals surface area contributed by atoms with E-state index in [0.717, 1.165) is 56.8 Å². The van der Waals surface area contributed by atoms with Crippen molar-refractivity contribution in [2.24, 2.45) is 0 Å². The molecule has 2 saturated heterocycles. The Bertz CT molecular complexity index is 487. The van der Waals surface area contributed by atoms with Crippen LogP contribution >= 0.6 is 0 Å². The summed E-state index contributed by atoms with van der Waals surface area (Å²) in [5.74, 6) is 0. The van der Waals surface area contributed by atoms with Gasteiger partial charge in [0, 0.05) is 25.3 Å². The zero-order valence-corrected chi connectivity index (χ0v) is 12.1. The fourth-order valence-electron chi connectivity index (χ4n) is 3.31. The van der Waals surface area contributed by atoms with Crippen molar-refractivity contribution in [2.45, 2.75) is 38.4 Å². The average molecular weight is 298 g/mol. The molecular weight excluding hydrogens is 277 g/mol. The average Bonchev–Trinajstić information content (AvgIpc) is 3.10. The van der Waals surface area contributed by atoms with Crippen LogP contribution in [0.1, 0.15) is 36.8 Å². The molecule has 2 aliphatic heterocycles. The van der Waals surface area contributed by atoms with Gasteiger partial charge >= 0.3 is 6.18 Å². The monoisotopic (exact) mass is 298 g/mol. The molecule has 0 N–H and O–H groups in total. The summed E-state index contributed by atoms with van der Waals surface area (Å²) in [4.78, 5) is 4.45. The Morgan fingerprint density at radius 1 is 0.905 bits per heavy atom. The maximum Gasteiger partial charge on any atom is 0.416 e. The first-order chi connectivity index (χ1) is 10.0. The number of halogens is 3. The van der Waals surface area contributed by atoms with Crippen molar-refractivity contribution >= 4 is 5.69 Å². The molecule has 5 heteroatoms. The Balaban J connectivity index is 1.89. The predicted molar refractivity (Wildman–Crippen MR) is 77.4 cm³/mol. The zero-order valence-electron chi connectivity index (χ0n) is 12.1. The van der Waals surface area contributed by atoms with E-state index in [1.54, 1.807) is 6.07 Å². The molecule has 0 radical (unpaired) electrons. The fourth-order valence-corrected chi connectivity index (χ4v) is 3.31. The van der Waals surface area contributed by atoms with Crippen LogP contribution in [0.3, 0.4) is 0 Å². The van der Waals surface area contributed by atoms with Crippen LogP contribution < -0.4 is 4.90 Å². The first-order valence-corrected chi connectivity index (χ1v) is 7.71. The van der Waals surface area contributed by atoms with Crippen molar-refractivity contribution in [2.75, 3.05) is 31.1 Å². The Morgan fingerprint density at radius 2 is 1.52 bits per heavy atom. The highest BCUT2D eigenvalue weighted by Gasteiger charge is 2.32. The molecule has 0 atom stereocenters. The van der Waals surface area contributed by atoms with Gasteiger partial charge in [-0.3, -0.25) is 4.90 Å². The van der Waals surface area contributed by atoms with Crippen molar-refractivity contribution in [3.63, 3.8) is 0 Å². The molecule has 0 bridgehead atoms. The van der Waals surface area contributed by atoms with E-state index in [0.29, 0.717) is 0 Å². The van der Waals surface area contributed by atoms with Crippen LogP contribution in [-0.2, 0) is 12.7 Å². The van der Waals surface area contributed by atoms with Crippen LogP contribution in [0.5, 0.6) is 0 Å². The molecular formula is C16H21F3N2. The summed E-state index contributed by atoms with van der Waals surface area (Å²) in [5, 5.41) is 0. The Kier molecular flexibility index (Phi) is 4.11. The van der Waals surface area contributed by atoms with E-state index in [-0.39, 0.29) is 0 Å².